The molecule has 0 aliphatic rings. The van der Waals surface area contributed by atoms with Crippen molar-refractivity contribution in [3.05, 3.63) is 29.6 Å². The minimum atomic E-state index is -0.468. The molecule has 0 unspecified atom stereocenters. The summed E-state index contributed by atoms with van der Waals surface area (Å²) in [6, 6.07) is 3.82. The molecule has 0 fully saturated rings. The molecule has 3 N–H and O–H groups in total. The van der Waals surface area contributed by atoms with Gasteiger partial charge in [-0.25, -0.2) is 4.39 Å². The van der Waals surface area contributed by atoms with E-state index in [4.69, 9.17) is 10.5 Å². The third kappa shape index (κ3) is 3.20. The van der Waals surface area contributed by atoms with Gasteiger partial charge in [-0.05, 0) is 31.2 Å². The van der Waals surface area contributed by atoms with E-state index in [-0.39, 0.29) is 11.5 Å². The number of halogens is 1. The first kappa shape index (κ1) is 12.4. The van der Waals surface area contributed by atoms with Crippen LogP contribution in [0.25, 0.3) is 0 Å². The molecule has 0 aliphatic carbocycles. The van der Waals surface area contributed by atoms with Crippen LogP contribution in [-0.2, 0) is 0 Å². The van der Waals surface area contributed by atoms with Crippen LogP contribution in [0.3, 0.4) is 0 Å². The first-order valence-corrected chi connectivity index (χ1v) is 5.01. The Morgan fingerprint density at radius 3 is 2.94 bits per heavy atom. The predicted octanol–water partition coefficient (Wildman–Crippen LogP) is 0.913. The van der Waals surface area contributed by atoms with E-state index in [2.05, 4.69) is 5.32 Å². The molecule has 1 aromatic carbocycles. The summed E-state index contributed by atoms with van der Waals surface area (Å²) in [5.74, 6) is -0.471. The van der Waals surface area contributed by atoms with Crippen LogP contribution >= 0.6 is 0 Å². The van der Waals surface area contributed by atoms with Crippen molar-refractivity contribution in [2.24, 2.45) is 5.73 Å². The van der Waals surface area contributed by atoms with Crippen molar-refractivity contribution in [1.82, 2.24) is 5.32 Å². The molecular weight excluding hydrogens is 211 g/mol. The molecule has 0 bridgehead atoms. The highest BCUT2D eigenvalue weighted by molar-refractivity contribution is 5.96. The van der Waals surface area contributed by atoms with Crippen molar-refractivity contribution in [2.45, 2.75) is 6.42 Å². The van der Waals surface area contributed by atoms with Gasteiger partial charge in [-0.3, -0.25) is 4.79 Å². The van der Waals surface area contributed by atoms with Crippen LogP contribution in [0.15, 0.2) is 18.2 Å². The first-order chi connectivity index (χ1) is 7.69. The van der Waals surface area contributed by atoms with Crippen LogP contribution in [0.5, 0.6) is 5.75 Å². The van der Waals surface area contributed by atoms with Gasteiger partial charge in [-0.15, -0.1) is 0 Å². The summed E-state index contributed by atoms with van der Waals surface area (Å²) >= 11 is 0. The lowest BCUT2D eigenvalue weighted by Gasteiger charge is -2.08. The number of hydrogen-bond donors (Lipinski definition) is 2. The fourth-order valence-electron chi connectivity index (χ4n) is 1.26. The number of hydrogen-bond acceptors (Lipinski definition) is 3. The van der Waals surface area contributed by atoms with Gasteiger partial charge in [0.05, 0.1) is 12.7 Å². The van der Waals surface area contributed by atoms with Crippen LogP contribution in [0.1, 0.15) is 16.8 Å². The van der Waals surface area contributed by atoms with Crippen LogP contribution in [0.4, 0.5) is 4.39 Å². The number of ether oxygens (including phenoxy) is 1. The van der Waals surface area contributed by atoms with Gasteiger partial charge in [0.15, 0.2) is 0 Å². The van der Waals surface area contributed by atoms with E-state index in [0.717, 1.165) is 6.07 Å². The maximum atomic E-state index is 13.0. The molecule has 0 aromatic heterocycles. The third-order valence-corrected chi connectivity index (χ3v) is 2.07. The maximum Gasteiger partial charge on any atom is 0.255 e. The van der Waals surface area contributed by atoms with Gasteiger partial charge in [0.25, 0.3) is 5.91 Å². The van der Waals surface area contributed by atoms with Gasteiger partial charge in [-0.1, -0.05) is 0 Å². The quantitative estimate of drug-likeness (QED) is 0.733. The molecule has 1 amide bonds. The van der Waals surface area contributed by atoms with Gasteiger partial charge < -0.3 is 15.8 Å². The normalized spacial score (nSPS) is 9.94. The fraction of sp³-hybridized carbons (Fsp3) is 0.364. The fourth-order valence-corrected chi connectivity index (χ4v) is 1.26. The number of rotatable bonds is 5. The number of carbonyl (C=O) groups excluding carboxylic acids is 1. The van der Waals surface area contributed by atoms with E-state index in [1.165, 1.54) is 19.2 Å². The van der Waals surface area contributed by atoms with Gasteiger partial charge in [0.1, 0.15) is 11.6 Å². The minimum absolute atomic E-state index is 0.194. The Kier molecular flexibility index (Phi) is 4.72. The number of nitrogens with one attached hydrogen (secondary N) is 1. The molecule has 0 aliphatic heterocycles. The van der Waals surface area contributed by atoms with Gasteiger partial charge in [0.2, 0.25) is 0 Å². The van der Waals surface area contributed by atoms with E-state index >= 15 is 0 Å². The summed E-state index contributed by atoms with van der Waals surface area (Å²) in [5.41, 5.74) is 5.49. The smallest absolute Gasteiger partial charge is 0.255 e. The zero-order valence-electron chi connectivity index (χ0n) is 9.13. The van der Waals surface area contributed by atoms with Gasteiger partial charge >= 0.3 is 0 Å². The number of methoxy groups -OCH3 is 1. The average Bonchev–Trinajstić information content (AvgIpc) is 2.29. The topological polar surface area (TPSA) is 64.3 Å². The molecule has 0 heterocycles. The van der Waals surface area contributed by atoms with Crippen molar-refractivity contribution in [3.8, 4) is 5.75 Å². The molecule has 1 rings (SSSR count). The Morgan fingerprint density at radius 1 is 1.56 bits per heavy atom. The SMILES string of the molecule is COc1ccc(F)cc1C(=O)NCCCN. The van der Waals surface area contributed by atoms with Crippen molar-refractivity contribution in [2.75, 3.05) is 20.2 Å². The van der Waals surface area contributed by atoms with Gasteiger partial charge in [0, 0.05) is 6.54 Å². The predicted molar refractivity (Wildman–Crippen MR) is 59.0 cm³/mol. The summed E-state index contributed by atoms with van der Waals surface area (Å²) in [7, 11) is 1.43. The second-order valence-corrected chi connectivity index (χ2v) is 3.24. The van der Waals surface area contributed by atoms with Crippen LogP contribution in [0.2, 0.25) is 0 Å². The van der Waals surface area contributed by atoms with Crippen LogP contribution in [-0.4, -0.2) is 26.1 Å². The molecule has 0 saturated heterocycles. The largest absolute Gasteiger partial charge is 0.496 e. The lowest BCUT2D eigenvalue weighted by atomic mass is 10.2. The van der Waals surface area contributed by atoms with Crippen molar-refractivity contribution in [1.29, 1.82) is 0 Å². The maximum absolute atomic E-state index is 13.0. The monoisotopic (exact) mass is 226 g/mol. The summed E-state index contributed by atoms with van der Waals surface area (Å²) in [6.07, 6.45) is 0.684. The molecule has 0 radical (unpaired) electrons. The highest BCUT2D eigenvalue weighted by Crippen LogP contribution is 2.18. The number of carbonyl (C=O) groups is 1. The minimum Gasteiger partial charge on any atom is -0.496 e. The molecule has 1 aromatic rings. The lowest BCUT2D eigenvalue weighted by Crippen LogP contribution is -2.26. The Balaban J connectivity index is 2.76. The second-order valence-electron chi connectivity index (χ2n) is 3.24. The highest BCUT2D eigenvalue weighted by atomic mass is 19.1. The van der Waals surface area contributed by atoms with Crippen molar-refractivity contribution in [3.63, 3.8) is 0 Å². The van der Waals surface area contributed by atoms with E-state index in [9.17, 15) is 9.18 Å². The number of amides is 1. The lowest BCUT2D eigenvalue weighted by molar-refractivity contribution is 0.0950. The van der Waals surface area contributed by atoms with Crippen LogP contribution < -0.4 is 15.8 Å². The third-order valence-electron chi connectivity index (χ3n) is 2.07. The number of nitrogens with two attached hydrogens (primary N) is 1. The molecule has 5 heteroatoms. The molecule has 4 nitrogen and oxygen atoms in total. The van der Waals surface area contributed by atoms with Crippen LogP contribution in [0, 0.1) is 5.82 Å². The molecular formula is C11H15FN2O2. The first-order valence-electron chi connectivity index (χ1n) is 5.01. The zero-order chi connectivity index (χ0) is 12.0. The standard InChI is InChI=1S/C11H15FN2O2/c1-16-10-4-3-8(12)7-9(10)11(15)14-6-2-5-13/h3-4,7H,2,5-6,13H2,1H3,(H,14,15). The molecule has 0 spiro atoms. The van der Waals surface area contributed by atoms with E-state index in [1.54, 1.807) is 0 Å². The van der Waals surface area contributed by atoms with E-state index in [1.807, 2.05) is 0 Å². The summed E-state index contributed by atoms with van der Waals surface area (Å²) in [6.45, 7) is 0.968. The van der Waals surface area contributed by atoms with Crippen molar-refractivity contribution >= 4 is 5.91 Å². The molecule has 16 heavy (non-hydrogen) atoms. The van der Waals surface area contributed by atoms with E-state index in [0.29, 0.717) is 25.3 Å². The Hall–Kier alpha value is -1.62. The summed E-state index contributed by atoms with van der Waals surface area (Å²) < 4.78 is 18.0. The molecule has 0 atom stereocenters. The molecule has 0 saturated carbocycles. The Morgan fingerprint density at radius 2 is 2.31 bits per heavy atom. The molecule has 88 valence electrons. The Bertz CT molecular complexity index is 369. The van der Waals surface area contributed by atoms with E-state index < -0.39 is 5.82 Å². The number of benzene rings is 1. The zero-order valence-corrected chi connectivity index (χ0v) is 9.13. The average molecular weight is 226 g/mol. The highest BCUT2D eigenvalue weighted by Gasteiger charge is 2.12. The second kappa shape index (κ2) is 6.07. The summed E-state index contributed by atoms with van der Waals surface area (Å²) in [5, 5.41) is 2.64. The Labute approximate surface area is 93.6 Å². The van der Waals surface area contributed by atoms with Gasteiger partial charge in [-0.2, -0.15) is 0 Å². The van der Waals surface area contributed by atoms with Crippen molar-refractivity contribution < 1.29 is 13.9 Å². The summed E-state index contributed by atoms with van der Waals surface area (Å²) in [4.78, 5) is 11.7.